The number of aliphatic hydroxyl groups is 1. The standard InChI is InChI=1S/C14H19ClFNO/c1-9-4-5-14(7-9,8-17)13(18)11-6-10(15)2-3-12(11)16/h2-3,6,9,13,18H,4-5,7-8,17H2,1H3. The average Bonchev–Trinajstić information content (AvgIpc) is 2.74. The van der Waals surface area contributed by atoms with E-state index in [-0.39, 0.29) is 5.56 Å². The van der Waals surface area contributed by atoms with Crippen LogP contribution >= 0.6 is 11.6 Å². The quantitative estimate of drug-likeness (QED) is 0.886. The number of hydrogen-bond donors (Lipinski definition) is 2. The van der Waals surface area contributed by atoms with Crippen LogP contribution in [-0.4, -0.2) is 11.7 Å². The Hall–Kier alpha value is -0.640. The van der Waals surface area contributed by atoms with Crippen molar-refractivity contribution in [2.45, 2.75) is 32.3 Å². The van der Waals surface area contributed by atoms with Gasteiger partial charge in [0, 0.05) is 22.5 Å². The molecule has 2 nitrogen and oxygen atoms in total. The molecule has 2 rings (SSSR count). The second-order valence-electron chi connectivity index (χ2n) is 5.48. The van der Waals surface area contributed by atoms with Crippen LogP contribution in [0.5, 0.6) is 0 Å². The summed E-state index contributed by atoms with van der Waals surface area (Å²) in [7, 11) is 0. The molecule has 0 amide bonds. The van der Waals surface area contributed by atoms with Crippen LogP contribution in [0.15, 0.2) is 18.2 Å². The maximum Gasteiger partial charge on any atom is 0.129 e. The molecule has 18 heavy (non-hydrogen) atoms. The highest BCUT2D eigenvalue weighted by Gasteiger charge is 2.43. The summed E-state index contributed by atoms with van der Waals surface area (Å²) in [5.74, 6) is 0.102. The summed E-state index contributed by atoms with van der Waals surface area (Å²) < 4.78 is 13.8. The van der Waals surface area contributed by atoms with Crippen LogP contribution in [-0.2, 0) is 0 Å². The van der Waals surface area contributed by atoms with Crippen LogP contribution in [0.4, 0.5) is 4.39 Å². The molecule has 100 valence electrons. The molecule has 1 fully saturated rings. The van der Waals surface area contributed by atoms with Crippen molar-refractivity contribution >= 4 is 11.6 Å². The van der Waals surface area contributed by atoms with E-state index in [1.54, 1.807) is 0 Å². The molecular weight excluding hydrogens is 253 g/mol. The zero-order valence-corrected chi connectivity index (χ0v) is 11.3. The number of benzene rings is 1. The molecule has 0 bridgehead atoms. The summed E-state index contributed by atoms with van der Waals surface area (Å²) in [5.41, 5.74) is 5.70. The first-order chi connectivity index (χ1) is 8.48. The third-order valence-corrected chi connectivity index (χ3v) is 4.36. The molecule has 3 unspecified atom stereocenters. The second kappa shape index (κ2) is 5.16. The molecule has 4 heteroatoms. The topological polar surface area (TPSA) is 46.2 Å². The highest BCUT2D eigenvalue weighted by Crippen LogP contribution is 2.49. The number of hydrogen-bond acceptors (Lipinski definition) is 2. The molecule has 1 aromatic rings. The molecular formula is C14H19ClFNO. The summed E-state index contributed by atoms with van der Waals surface area (Å²) >= 11 is 5.88. The maximum absolute atomic E-state index is 13.8. The Balaban J connectivity index is 2.34. The molecule has 1 saturated carbocycles. The predicted octanol–water partition coefficient (Wildman–Crippen LogP) is 3.28. The van der Waals surface area contributed by atoms with Gasteiger partial charge >= 0.3 is 0 Å². The van der Waals surface area contributed by atoms with E-state index in [0.29, 0.717) is 17.5 Å². The molecule has 0 aliphatic heterocycles. The zero-order valence-electron chi connectivity index (χ0n) is 10.5. The van der Waals surface area contributed by atoms with Gasteiger partial charge in [-0.15, -0.1) is 0 Å². The number of nitrogens with two attached hydrogens (primary N) is 1. The van der Waals surface area contributed by atoms with Crippen LogP contribution in [0.2, 0.25) is 5.02 Å². The largest absolute Gasteiger partial charge is 0.388 e. The first kappa shape index (κ1) is 13.8. The van der Waals surface area contributed by atoms with Crippen molar-refractivity contribution in [2.75, 3.05) is 6.54 Å². The smallest absolute Gasteiger partial charge is 0.129 e. The van der Waals surface area contributed by atoms with Crippen molar-refractivity contribution in [3.05, 3.63) is 34.6 Å². The summed E-state index contributed by atoms with van der Waals surface area (Å²) in [6, 6.07) is 4.28. The summed E-state index contributed by atoms with van der Waals surface area (Å²) in [4.78, 5) is 0. The lowest BCUT2D eigenvalue weighted by molar-refractivity contribution is 0.0281. The highest BCUT2D eigenvalue weighted by molar-refractivity contribution is 6.30. The fourth-order valence-corrected chi connectivity index (χ4v) is 3.21. The monoisotopic (exact) mass is 271 g/mol. The summed E-state index contributed by atoms with van der Waals surface area (Å²) in [6.45, 7) is 2.50. The second-order valence-corrected chi connectivity index (χ2v) is 5.92. The van der Waals surface area contributed by atoms with E-state index in [9.17, 15) is 9.50 Å². The van der Waals surface area contributed by atoms with Crippen molar-refractivity contribution in [1.29, 1.82) is 0 Å². The maximum atomic E-state index is 13.8. The van der Waals surface area contributed by atoms with E-state index < -0.39 is 17.3 Å². The van der Waals surface area contributed by atoms with E-state index >= 15 is 0 Å². The van der Waals surface area contributed by atoms with E-state index in [4.69, 9.17) is 17.3 Å². The van der Waals surface area contributed by atoms with Gasteiger partial charge in [-0.25, -0.2) is 4.39 Å². The van der Waals surface area contributed by atoms with E-state index in [1.807, 2.05) is 0 Å². The molecule has 1 aliphatic carbocycles. The lowest BCUT2D eigenvalue weighted by atomic mass is 9.76. The van der Waals surface area contributed by atoms with Gasteiger partial charge in [0.25, 0.3) is 0 Å². The van der Waals surface area contributed by atoms with Crippen molar-refractivity contribution in [2.24, 2.45) is 17.1 Å². The van der Waals surface area contributed by atoms with Crippen LogP contribution in [0, 0.1) is 17.2 Å². The molecule has 0 heterocycles. The predicted molar refractivity (Wildman–Crippen MR) is 70.9 cm³/mol. The van der Waals surface area contributed by atoms with Crippen molar-refractivity contribution < 1.29 is 9.50 Å². The molecule has 1 aromatic carbocycles. The van der Waals surface area contributed by atoms with Crippen LogP contribution in [0.3, 0.4) is 0 Å². The molecule has 0 spiro atoms. The normalized spacial score (nSPS) is 29.5. The minimum Gasteiger partial charge on any atom is -0.388 e. The first-order valence-corrected chi connectivity index (χ1v) is 6.69. The average molecular weight is 272 g/mol. The lowest BCUT2D eigenvalue weighted by Gasteiger charge is -2.33. The third-order valence-electron chi connectivity index (χ3n) is 4.13. The highest BCUT2D eigenvalue weighted by atomic mass is 35.5. The fraction of sp³-hybridized carbons (Fsp3) is 0.571. The Kier molecular flexibility index (Phi) is 3.95. The van der Waals surface area contributed by atoms with Crippen molar-refractivity contribution in [3.8, 4) is 0 Å². The number of rotatable bonds is 3. The molecule has 3 N–H and O–H groups in total. The number of halogens is 2. The molecule has 0 radical (unpaired) electrons. The van der Waals surface area contributed by atoms with Crippen LogP contribution in [0.1, 0.15) is 37.9 Å². The van der Waals surface area contributed by atoms with E-state index in [0.717, 1.165) is 19.3 Å². The van der Waals surface area contributed by atoms with E-state index in [2.05, 4.69) is 6.92 Å². The van der Waals surface area contributed by atoms with Gasteiger partial charge in [-0.2, -0.15) is 0 Å². The zero-order chi connectivity index (χ0) is 13.3. The molecule has 3 atom stereocenters. The summed E-state index contributed by atoms with van der Waals surface area (Å²) in [6.07, 6.45) is 1.80. The van der Waals surface area contributed by atoms with E-state index in [1.165, 1.54) is 18.2 Å². The van der Waals surface area contributed by atoms with Gasteiger partial charge in [0.15, 0.2) is 0 Å². The van der Waals surface area contributed by atoms with Gasteiger partial charge in [-0.05, 0) is 37.0 Å². The van der Waals surface area contributed by atoms with Gasteiger partial charge < -0.3 is 10.8 Å². The Morgan fingerprint density at radius 1 is 1.61 bits per heavy atom. The molecule has 0 saturated heterocycles. The number of aliphatic hydroxyl groups excluding tert-OH is 1. The van der Waals surface area contributed by atoms with Crippen molar-refractivity contribution in [3.63, 3.8) is 0 Å². The van der Waals surface area contributed by atoms with Gasteiger partial charge in [-0.3, -0.25) is 0 Å². The molecule has 0 aromatic heterocycles. The fourth-order valence-electron chi connectivity index (χ4n) is 3.03. The lowest BCUT2D eigenvalue weighted by Crippen LogP contribution is -2.35. The van der Waals surface area contributed by atoms with Gasteiger partial charge in [-0.1, -0.05) is 24.9 Å². The van der Waals surface area contributed by atoms with Gasteiger partial charge in [0.2, 0.25) is 0 Å². The van der Waals surface area contributed by atoms with Crippen LogP contribution < -0.4 is 5.73 Å². The van der Waals surface area contributed by atoms with Crippen molar-refractivity contribution in [1.82, 2.24) is 0 Å². The minimum atomic E-state index is -0.883. The summed E-state index contributed by atoms with van der Waals surface area (Å²) in [5, 5.41) is 10.9. The van der Waals surface area contributed by atoms with Gasteiger partial charge in [0.05, 0.1) is 6.10 Å². The Labute approximate surface area is 112 Å². The Bertz CT molecular complexity index is 440. The van der Waals surface area contributed by atoms with Gasteiger partial charge in [0.1, 0.15) is 5.82 Å². The Morgan fingerprint density at radius 2 is 2.33 bits per heavy atom. The first-order valence-electron chi connectivity index (χ1n) is 6.31. The molecule has 1 aliphatic rings. The Morgan fingerprint density at radius 3 is 2.89 bits per heavy atom. The minimum absolute atomic E-state index is 0.266. The SMILES string of the molecule is CC1CCC(CN)(C(O)c2cc(Cl)ccc2F)C1. The van der Waals surface area contributed by atoms with Crippen LogP contribution in [0.25, 0.3) is 0 Å². The third kappa shape index (κ3) is 2.40.